The van der Waals surface area contributed by atoms with E-state index in [1.54, 1.807) is 50.3 Å². The number of hydrogen-bond donors (Lipinski definition) is 1. The smallest absolute Gasteiger partial charge is 0.247 e. The van der Waals surface area contributed by atoms with E-state index in [1.165, 1.54) is 16.7 Å². The van der Waals surface area contributed by atoms with Gasteiger partial charge in [-0.1, -0.05) is 19.9 Å². The van der Waals surface area contributed by atoms with Crippen LogP contribution in [0.1, 0.15) is 27.2 Å². The van der Waals surface area contributed by atoms with E-state index >= 15 is 0 Å². The predicted molar refractivity (Wildman–Crippen MR) is 119 cm³/mol. The molecular weight excluding hydrogens is 432 g/mol. The van der Waals surface area contributed by atoms with Gasteiger partial charge in [-0.2, -0.15) is 4.31 Å². The van der Waals surface area contributed by atoms with Crippen molar-refractivity contribution in [3.05, 3.63) is 36.9 Å². The first-order valence-electron chi connectivity index (χ1n) is 10.6. The van der Waals surface area contributed by atoms with E-state index in [-0.39, 0.29) is 35.6 Å². The first kappa shape index (κ1) is 24.1. The van der Waals surface area contributed by atoms with Gasteiger partial charge in [-0.3, -0.25) is 4.79 Å². The summed E-state index contributed by atoms with van der Waals surface area (Å²) in [6.07, 6.45) is 4.62. The molecule has 2 heterocycles. The molecule has 2 aromatic rings. The highest BCUT2D eigenvalue weighted by atomic mass is 32.2. The van der Waals surface area contributed by atoms with E-state index in [4.69, 9.17) is 4.74 Å². The number of aromatic nitrogens is 2. The van der Waals surface area contributed by atoms with Gasteiger partial charge in [-0.25, -0.2) is 18.4 Å². The number of aliphatic hydroxyl groups excluding tert-OH is 1. The maximum Gasteiger partial charge on any atom is 0.247 e. The first-order valence-corrected chi connectivity index (χ1v) is 12.1. The van der Waals surface area contributed by atoms with E-state index < -0.39 is 22.2 Å². The molecule has 0 radical (unpaired) electrons. The average Bonchev–Trinajstić information content (AvgIpc) is 2.80. The molecule has 0 aliphatic carbocycles. The van der Waals surface area contributed by atoms with Gasteiger partial charge in [0, 0.05) is 49.9 Å². The summed E-state index contributed by atoms with van der Waals surface area (Å²) in [5.74, 6) is -0.0513. The molecule has 0 saturated heterocycles. The van der Waals surface area contributed by atoms with Crippen molar-refractivity contribution >= 4 is 15.9 Å². The molecule has 10 heteroatoms. The molecule has 1 aromatic carbocycles. The zero-order valence-corrected chi connectivity index (χ0v) is 19.6. The Labute approximate surface area is 189 Å². The lowest BCUT2D eigenvalue weighted by atomic mass is 10.0. The number of likely N-dealkylation sites (N-methyl/N-ethyl adjacent to an activating group) is 1. The molecule has 174 valence electrons. The average molecular weight is 463 g/mol. The topological polar surface area (TPSA) is 113 Å². The number of carbonyl (C=O) groups excluding carboxylic acids is 1. The SMILES string of the molecule is CCC(=O)N(C)C[C@@H]1Oc2cc(-c3cncnc3)ccc2S(=O)(=O)N([C@H](C)CO)C[C@@H]1C. The molecule has 32 heavy (non-hydrogen) atoms. The molecule has 9 nitrogen and oxygen atoms in total. The lowest BCUT2D eigenvalue weighted by molar-refractivity contribution is -0.131. The fourth-order valence-corrected chi connectivity index (χ4v) is 5.54. The Morgan fingerprint density at radius 1 is 1.31 bits per heavy atom. The Kier molecular flexibility index (Phi) is 7.47. The van der Waals surface area contributed by atoms with Crippen molar-refractivity contribution in [2.24, 2.45) is 5.92 Å². The minimum absolute atomic E-state index is 0.0218. The van der Waals surface area contributed by atoms with Crippen LogP contribution in [-0.2, 0) is 14.8 Å². The minimum atomic E-state index is -3.92. The molecule has 1 aliphatic heterocycles. The van der Waals surface area contributed by atoms with Crippen molar-refractivity contribution in [1.29, 1.82) is 0 Å². The summed E-state index contributed by atoms with van der Waals surface area (Å²) in [4.78, 5) is 21.9. The van der Waals surface area contributed by atoms with Gasteiger partial charge in [0.2, 0.25) is 15.9 Å². The molecule has 1 amide bonds. The van der Waals surface area contributed by atoms with E-state index in [1.807, 2.05) is 6.92 Å². The monoisotopic (exact) mass is 462 g/mol. The summed E-state index contributed by atoms with van der Waals surface area (Å²) in [5.41, 5.74) is 1.44. The first-order chi connectivity index (χ1) is 15.2. The molecule has 0 bridgehead atoms. The van der Waals surface area contributed by atoms with E-state index in [2.05, 4.69) is 9.97 Å². The van der Waals surface area contributed by atoms with Crippen LogP contribution in [0.4, 0.5) is 0 Å². The van der Waals surface area contributed by atoms with Crippen molar-refractivity contribution < 1.29 is 23.1 Å². The van der Waals surface area contributed by atoms with Gasteiger partial charge >= 0.3 is 0 Å². The minimum Gasteiger partial charge on any atom is -0.487 e. The van der Waals surface area contributed by atoms with Crippen LogP contribution < -0.4 is 4.74 Å². The lowest BCUT2D eigenvalue weighted by Crippen LogP contribution is -2.50. The summed E-state index contributed by atoms with van der Waals surface area (Å²) < 4.78 is 34.6. The number of aliphatic hydroxyl groups is 1. The number of rotatable bonds is 6. The number of ether oxygens (including phenoxy) is 1. The number of amides is 1. The Hall–Kier alpha value is -2.56. The molecular formula is C22H30N4O5S. The fraction of sp³-hybridized carbons (Fsp3) is 0.500. The van der Waals surface area contributed by atoms with E-state index in [0.29, 0.717) is 18.5 Å². The summed E-state index contributed by atoms with van der Waals surface area (Å²) in [7, 11) is -2.21. The second-order valence-electron chi connectivity index (χ2n) is 8.16. The largest absolute Gasteiger partial charge is 0.487 e. The highest BCUT2D eigenvalue weighted by molar-refractivity contribution is 7.89. The van der Waals surface area contributed by atoms with Gasteiger partial charge < -0.3 is 14.7 Å². The van der Waals surface area contributed by atoms with Crippen LogP contribution in [0.25, 0.3) is 11.1 Å². The van der Waals surface area contributed by atoms with Crippen LogP contribution in [0.3, 0.4) is 0 Å². The fourth-order valence-electron chi connectivity index (χ4n) is 3.71. The Morgan fingerprint density at radius 3 is 2.62 bits per heavy atom. The second-order valence-corrected chi connectivity index (χ2v) is 10.0. The zero-order chi connectivity index (χ0) is 23.5. The molecule has 1 aromatic heterocycles. The quantitative estimate of drug-likeness (QED) is 0.696. The molecule has 0 spiro atoms. The highest BCUT2D eigenvalue weighted by Crippen LogP contribution is 2.36. The third-order valence-electron chi connectivity index (χ3n) is 5.74. The molecule has 1 N–H and O–H groups in total. The summed E-state index contributed by atoms with van der Waals surface area (Å²) in [6.45, 7) is 5.53. The Bertz CT molecular complexity index is 1050. The van der Waals surface area contributed by atoms with Crippen molar-refractivity contribution in [1.82, 2.24) is 19.2 Å². The zero-order valence-electron chi connectivity index (χ0n) is 18.8. The normalized spacial score (nSPS) is 21.5. The van der Waals surface area contributed by atoms with Gasteiger partial charge in [0.05, 0.1) is 13.2 Å². The number of nitrogens with zero attached hydrogens (tertiary/aromatic N) is 4. The Morgan fingerprint density at radius 2 is 2.00 bits per heavy atom. The van der Waals surface area contributed by atoms with Crippen molar-refractivity contribution in [2.45, 2.75) is 44.2 Å². The molecule has 0 unspecified atom stereocenters. The maximum absolute atomic E-state index is 13.5. The lowest BCUT2D eigenvalue weighted by Gasteiger charge is -2.37. The number of carbonyl (C=O) groups is 1. The van der Waals surface area contributed by atoms with Crippen LogP contribution >= 0.6 is 0 Å². The highest BCUT2D eigenvalue weighted by Gasteiger charge is 2.38. The number of benzene rings is 1. The van der Waals surface area contributed by atoms with Crippen LogP contribution in [0.15, 0.2) is 41.8 Å². The second kappa shape index (κ2) is 9.93. The van der Waals surface area contributed by atoms with E-state index in [0.717, 1.165) is 5.56 Å². The summed E-state index contributed by atoms with van der Waals surface area (Å²) in [6, 6.07) is 4.26. The molecule has 3 atom stereocenters. The van der Waals surface area contributed by atoms with Crippen molar-refractivity contribution in [3.8, 4) is 16.9 Å². The molecule has 1 aliphatic rings. The number of sulfonamides is 1. The molecule has 3 rings (SSSR count). The van der Waals surface area contributed by atoms with Crippen LogP contribution in [0, 0.1) is 5.92 Å². The molecule has 0 fully saturated rings. The number of fused-ring (bicyclic) bond motifs is 1. The maximum atomic E-state index is 13.5. The molecule has 0 saturated carbocycles. The van der Waals surface area contributed by atoms with Crippen LogP contribution in [-0.4, -0.2) is 77.5 Å². The predicted octanol–water partition coefficient (Wildman–Crippen LogP) is 1.78. The summed E-state index contributed by atoms with van der Waals surface area (Å²) >= 11 is 0. The van der Waals surface area contributed by atoms with E-state index in [9.17, 15) is 18.3 Å². The summed E-state index contributed by atoms with van der Waals surface area (Å²) in [5, 5.41) is 9.72. The van der Waals surface area contributed by atoms with Gasteiger partial charge in [0.1, 0.15) is 23.1 Å². The number of hydrogen-bond acceptors (Lipinski definition) is 7. The van der Waals surface area contributed by atoms with Crippen molar-refractivity contribution in [3.63, 3.8) is 0 Å². The standard InChI is InChI=1S/C22H30N4O5S/c1-5-22(28)25(4)12-20-15(2)11-26(16(3)13-27)32(29,30)21-7-6-17(8-19(21)31-20)18-9-23-14-24-10-18/h6-10,14-16,20,27H,5,11-13H2,1-4H3/t15-,16+,20-/m0/s1. The third kappa shape index (κ3) is 4.92. The van der Waals surface area contributed by atoms with Gasteiger partial charge in [-0.05, 0) is 24.6 Å². The third-order valence-corrected chi connectivity index (χ3v) is 7.76. The van der Waals surface area contributed by atoms with Gasteiger partial charge in [-0.15, -0.1) is 0 Å². The van der Waals surface area contributed by atoms with Crippen LogP contribution in [0.5, 0.6) is 5.75 Å². The van der Waals surface area contributed by atoms with Crippen molar-refractivity contribution in [2.75, 3.05) is 26.7 Å². The Balaban J connectivity index is 2.11. The van der Waals surface area contributed by atoms with Gasteiger partial charge in [0.15, 0.2) is 0 Å². The van der Waals surface area contributed by atoms with Gasteiger partial charge in [0.25, 0.3) is 0 Å². The van der Waals surface area contributed by atoms with Crippen LogP contribution in [0.2, 0.25) is 0 Å².